The summed E-state index contributed by atoms with van der Waals surface area (Å²) < 4.78 is 8.89. The Morgan fingerprint density at radius 2 is 2.12 bits per heavy atom. The maximum atomic E-state index is 12.2. The molecule has 3 aromatic rings. The van der Waals surface area contributed by atoms with E-state index in [1.165, 1.54) is 4.68 Å². The van der Waals surface area contributed by atoms with Crippen LogP contribution >= 0.6 is 23.2 Å². The summed E-state index contributed by atoms with van der Waals surface area (Å²) in [6.45, 7) is 3.30. The van der Waals surface area contributed by atoms with E-state index < -0.39 is 0 Å². The summed E-state index contributed by atoms with van der Waals surface area (Å²) in [5.74, 6) is 0.225. The largest absolute Gasteiger partial charge is 0.470 e. The molecule has 0 aliphatic carbocycles. The molecule has 1 N–H and O–H groups in total. The molecule has 0 atom stereocenters. The Bertz CT molecular complexity index is 906. The van der Waals surface area contributed by atoms with Crippen molar-refractivity contribution in [1.82, 2.24) is 24.9 Å². The second kappa shape index (κ2) is 8.25. The lowest BCUT2D eigenvalue weighted by Crippen LogP contribution is -2.23. The summed E-state index contributed by atoms with van der Waals surface area (Å²) in [6.07, 6.45) is 5.28. The molecule has 0 saturated carbocycles. The first-order chi connectivity index (χ1) is 12.5. The highest BCUT2D eigenvalue weighted by Gasteiger charge is 2.10. The van der Waals surface area contributed by atoms with Crippen LogP contribution in [-0.2, 0) is 19.8 Å². The minimum atomic E-state index is -0.266. The predicted octanol–water partition coefficient (Wildman–Crippen LogP) is 3.37. The van der Waals surface area contributed by atoms with Crippen LogP contribution in [0.4, 0.5) is 0 Å². The van der Waals surface area contributed by atoms with Crippen LogP contribution in [0.5, 0.6) is 5.75 Å². The minimum Gasteiger partial charge on any atom is -0.470 e. The summed E-state index contributed by atoms with van der Waals surface area (Å²) in [4.78, 5) is 12.2. The van der Waals surface area contributed by atoms with Crippen LogP contribution in [0.15, 0.2) is 42.9 Å². The van der Waals surface area contributed by atoms with Crippen LogP contribution in [-0.4, -0.2) is 25.5 Å². The van der Waals surface area contributed by atoms with E-state index in [1.807, 2.05) is 13.1 Å². The van der Waals surface area contributed by atoms with Gasteiger partial charge in [-0.15, -0.1) is 0 Å². The molecule has 0 aliphatic rings. The third-order valence-corrected chi connectivity index (χ3v) is 4.11. The first-order valence-corrected chi connectivity index (χ1v) is 8.71. The average Bonchev–Trinajstić information content (AvgIpc) is 3.28. The molecule has 0 spiro atoms. The molecule has 1 amide bonds. The fourth-order valence-corrected chi connectivity index (χ4v) is 2.69. The van der Waals surface area contributed by atoms with Gasteiger partial charge in [-0.3, -0.25) is 9.48 Å². The van der Waals surface area contributed by atoms with Gasteiger partial charge in [-0.1, -0.05) is 23.2 Å². The van der Waals surface area contributed by atoms with E-state index in [9.17, 15) is 4.79 Å². The monoisotopic (exact) mass is 393 g/mol. The molecule has 2 aromatic heterocycles. The molecule has 136 valence electrons. The smallest absolute Gasteiger partial charge is 0.272 e. The molecular weight excluding hydrogens is 377 g/mol. The Morgan fingerprint density at radius 3 is 2.85 bits per heavy atom. The highest BCUT2D eigenvalue weighted by Crippen LogP contribution is 2.27. The van der Waals surface area contributed by atoms with Gasteiger partial charge < -0.3 is 10.1 Å². The molecule has 0 unspecified atom stereocenters. The van der Waals surface area contributed by atoms with Crippen molar-refractivity contribution in [2.75, 3.05) is 0 Å². The van der Waals surface area contributed by atoms with Gasteiger partial charge in [0, 0.05) is 36.1 Å². The van der Waals surface area contributed by atoms with E-state index in [-0.39, 0.29) is 12.6 Å². The minimum absolute atomic E-state index is 0.123. The fourth-order valence-electron chi connectivity index (χ4n) is 2.23. The van der Waals surface area contributed by atoms with Crippen LogP contribution < -0.4 is 10.1 Å². The Kier molecular flexibility index (Phi) is 5.80. The molecule has 9 heteroatoms. The van der Waals surface area contributed by atoms with Gasteiger partial charge >= 0.3 is 0 Å². The van der Waals surface area contributed by atoms with Crippen LogP contribution in [0, 0.1) is 0 Å². The standard InChI is InChI=1S/C17H17Cl2N5O2/c1-2-23-10-12(9-21-23)8-20-17(25)15-5-6-24(22-15)11-26-16-4-3-13(18)7-14(16)19/h3-7,9-10H,2,8,11H2,1H3,(H,20,25). The Hall–Kier alpha value is -2.51. The van der Waals surface area contributed by atoms with Crippen molar-refractivity contribution < 1.29 is 9.53 Å². The number of rotatable bonds is 7. The molecule has 1 aromatic carbocycles. The number of nitrogens with zero attached hydrogens (tertiary/aromatic N) is 4. The van der Waals surface area contributed by atoms with E-state index in [4.69, 9.17) is 27.9 Å². The first kappa shape index (κ1) is 18.3. The number of hydrogen-bond donors (Lipinski definition) is 1. The zero-order valence-corrected chi connectivity index (χ0v) is 15.5. The van der Waals surface area contributed by atoms with Gasteiger partial charge in [0.05, 0.1) is 11.2 Å². The molecule has 0 saturated heterocycles. The van der Waals surface area contributed by atoms with E-state index in [1.54, 1.807) is 41.3 Å². The number of aryl methyl sites for hydroxylation is 1. The molecule has 2 heterocycles. The molecule has 7 nitrogen and oxygen atoms in total. The maximum Gasteiger partial charge on any atom is 0.272 e. The van der Waals surface area contributed by atoms with Gasteiger partial charge in [-0.05, 0) is 31.2 Å². The summed E-state index contributed by atoms with van der Waals surface area (Å²) in [7, 11) is 0. The molecule has 0 aliphatic heterocycles. The highest BCUT2D eigenvalue weighted by molar-refractivity contribution is 6.35. The summed E-state index contributed by atoms with van der Waals surface area (Å²) in [5, 5.41) is 12.1. The number of ether oxygens (including phenoxy) is 1. The lowest BCUT2D eigenvalue weighted by molar-refractivity contribution is 0.0944. The lowest BCUT2D eigenvalue weighted by Gasteiger charge is -2.08. The number of nitrogens with one attached hydrogen (secondary N) is 1. The number of carbonyl (C=O) groups excluding carboxylic acids is 1. The number of carbonyl (C=O) groups is 1. The zero-order chi connectivity index (χ0) is 18.5. The molecule has 0 radical (unpaired) electrons. The summed E-state index contributed by atoms with van der Waals surface area (Å²) in [6, 6.07) is 6.59. The second-order valence-corrected chi connectivity index (χ2v) is 6.32. The fraction of sp³-hybridized carbons (Fsp3) is 0.235. The van der Waals surface area contributed by atoms with Crippen molar-refractivity contribution in [3.05, 3.63) is 64.2 Å². The van der Waals surface area contributed by atoms with Gasteiger partial charge in [0.15, 0.2) is 6.73 Å². The van der Waals surface area contributed by atoms with Crippen molar-refractivity contribution in [2.45, 2.75) is 26.7 Å². The summed E-state index contributed by atoms with van der Waals surface area (Å²) >= 11 is 11.9. The molecular formula is C17H17Cl2N5O2. The lowest BCUT2D eigenvalue weighted by atomic mass is 10.3. The van der Waals surface area contributed by atoms with Crippen LogP contribution in [0.3, 0.4) is 0 Å². The van der Waals surface area contributed by atoms with Crippen molar-refractivity contribution >= 4 is 29.1 Å². The highest BCUT2D eigenvalue weighted by atomic mass is 35.5. The number of amides is 1. The molecule has 0 bridgehead atoms. The van der Waals surface area contributed by atoms with E-state index in [0.29, 0.717) is 28.0 Å². The van der Waals surface area contributed by atoms with Crippen molar-refractivity contribution in [3.8, 4) is 5.75 Å². The van der Waals surface area contributed by atoms with Gasteiger partial charge in [0.1, 0.15) is 11.4 Å². The topological polar surface area (TPSA) is 74.0 Å². The number of aromatic nitrogens is 4. The summed E-state index contributed by atoms with van der Waals surface area (Å²) in [5.41, 5.74) is 1.24. The average molecular weight is 394 g/mol. The zero-order valence-electron chi connectivity index (χ0n) is 14.0. The molecule has 26 heavy (non-hydrogen) atoms. The van der Waals surface area contributed by atoms with Crippen molar-refractivity contribution in [2.24, 2.45) is 0 Å². The third kappa shape index (κ3) is 4.56. The Labute approximate surface area is 160 Å². The van der Waals surface area contributed by atoms with Crippen molar-refractivity contribution in [3.63, 3.8) is 0 Å². The van der Waals surface area contributed by atoms with E-state index >= 15 is 0 Å². The van der Waals surface area contributed by atoms with Crippen molar-refractivity contribution in [1.29, 1.82) is 0 Å². The van der Waals surface area contributed by atoms with Gasteiger partial charge in [0.2, 0.25) is 0 Å². The second-order valence-electron chi connectivity index (χ2n) is 5.48. The first-order valence-electron chi connectivity index (χ1n) is 7.96. The Balaban J connectivity index is 1.54. The van der Waals surface area contributed by atoms with Gasteiger partial charge in [-0.2, -0.15) is 10.2 Å². The third-order valence-electron chi connectivity index (χ3n) is 3.58. The number of hydrogen-bond acceptors (Lipinski definition) is 4. The van der Waals surface area contributed by atoms with Gasteiger partial charge in [-0.25, -0.2) is 4.68 Å². The van der Waals surface area contributed by atoms with E-state index in [0.717, 1.165) is 12.1 Å². The molecule has 0 fully saturated rings. The number of halogens is 2. The number of benzene rings is 1. The van der Waals surface area contributed by atoms with Gasteiger partial charge in [0.25, 0.3) is 5.91 Å². The Morgan fingerprint density at radius 1 is 1.27 bits per heavy atom. The quantitative estimate of drug-likeness (QED) is 0.667. The van der Waals surface area contributed by atoms with Crippen LogP contribution in [0.25, 0.3) is 0 Å². The van der Waals surface area contributed by atoms with Crippen LogP contribution in [0.1, 0.15) is 23.0 Å². The normalized spacial score (nSPS) is 10.7. The predicted molar refractivity (Wildman–Crippen MR) is 98.4 cm³/mol. The SMILES string of the molecule is CCn1cc(CNC(=O)c2ccn(COc3ccc(Cl)cc3Cl)n2)cn1. The maximum absolute atomic E-state index is 12.2. The van der Waals surface area contributed by atoms with E-state index in [2.05, 4.69) is 15.5 Å². The molecule has 3 rings (SSSR count). The van der Waals surface area contributed by atoms with Crippen LogP contribution in [0.2, 0.25) is 10.0 Å².